The third kappa shape index (κ3) is 3.80. The van der Waals surface area contributed by atoms with Crippen LogP contribution in [0, 0.1) is 5.82 Å². The molecule has 1 aromatic heterocycles. The van der Waals surface area contributed by atoms with Crippen LogP contribution in [0.5, 0.6) is 0 Å². The van der Waals surface area contributed by atoms with E-state index in [2.05, 4.69) is 0 Å². The number of rotatable bonds is 4. The van der Waals surface area contributed by atoms with Gasteiger partial charge in [0.2, 0.25) is 5.43 Å². The molecule has 0 radical (unpaired) electrons. The molecule has 144 valence electrons. The Bertz CT molecular complexity index is 1090. The molecule has 8 heteroatoms. The number of alkyl halides is 3. The molecule has 0 saturated carbocycles. The zero-order chi connectivity index (χ0) is 20.5. The Hall–Kier alpha value is -3.42. The summed E-state index contributed by atoms with van der Waals surface area (Å²) in [5, 5.41) is 0. The molecule has 0 aliphatic rings. The van der Waals surface area contributed by atoms with E-state index >= 15 is 0 Å². The van der Waals surface area contributed by atoms with Crippen LogP contribution in [0.1, 0.15) is 10.4 Å². The van der Waals surface area contributed by atoms with Crippen molar-refractivity contribution in [2.24, 2.45) is 5.73 Å². The highest BCUT2D eigenvalue weighted by Crippen LogP contribution is 2.29. The average Bonchev–Trinajstić information content (AvgIpc) is 2.62. The molecule has 2 aromatic carbocycles. The lowest BCUT2D eigenvalue weighted by molar-refractivity contribution is -0.140. The van der Waals surface area contributed by atoms with Gasteiger partial charge < -0.3 is 10.3 Å². The van der Waals surface area contributed by atoms with Gasteiger partial charge in [0.15, 0.2) is 0 Å². The molecular weight excluding hydrogens is 376 g/mol. The molecule has 4 nitrogen and oxygen atoms in total. The van der Waals surface area contributed by atoms with E-state index in [1.54, 1.807) is 18.2 Å². The Balaban J connectivity index is 2.43. The van der Waals surface area contributed by atoms with Crippen LogP contribution in [0.3, 0.4) is 0 Å². The van der Waals surface area contributed by atoms with Gasteiger partial charge in [0, 0.05) is 17.3 Å². The average molecular weight is 390 g/mol. The van der Waals surface area contributed by atoms with Gasteiger partial charge in [-0.1, -0.05) is 48.5 Å². The van der Waals surface area contributed by atoms with Gasteiger partial charge in [0.05, 0.1) is 5.69 Å². The molecule has 0 atom stereocenters. The second kappa shape index (κ2) is 7.30. The number of aromatic nitrogens is 1. The van der Waals surface area contributed by atoms with Crippen molar-refractivity contribution in [2.45, 2.75) is 12.7 Å². The molecule has 28 heavy (non-hydrogen) atoms. The van der Waals surface area contributed by atoms with Crippen LogP contribution >= 0.6 is 0 Å². The number of benzene rings is 2. The fourth-order valence-electron chi connectivity index (χ4n) is 2.99. The Morgan fingerprint density at radius 3 is 2.14 bits per heavy atom. The standard InChI is InChI=1S/C20H14F4N2O2/c21-15-9-5-4-8-13(15)14-10-26(11-20(22,23)24)17(12-6-2-1-3-7-12)16(18(14)27)19(25)28/h1-10H,11H2,(H2,25,28). The van der Waals surface area contributed by atoms with Crippen molar-refractivity contribution in [1.82, 2.24) is 4.57 Å². The molecule has 0 spiro atoms. The van der Waals surface area contributed by atoms with Crippen LogP contribution in [-0.4, -0.2) is 16.7 Å². The highest BCUT2D eigenvalue weighted by Gasteiger charge is 2.31. The summed E-state index contributed by atoms with van der Waals surface area (Å²) in [6, 6.07) is 12.8. The van der Waals surface area contributed by atoms with Crippen molar-refractivity contribution in [3.8, 4) is 22.4 Å². The number of primary amides is 1. The van der Waals surface area contributed by atoms with Crippen molar-refractivity contribution in [3.05, 3.63) is 82.4 Å². The molecule has 0 bridgehead atoms. The van der Waals surface area contributed by atoms with Crippen molar-refractivity contribution in [2.75, 3.05) is 0 Å². The minimum Gasteiger partial charge on any atom is -0.365 e. The summed E-state index contributed by atoms with van der Waals surface area (Å²) in [4.78, 5) is 24.9. The van der Waals surface area contributed by atoms with E-state index in [1.165, 1.54) is 30.3 Å². The molecule has 0 aliphatic carbocycles. The zero-order valence-corrected chi connectivity index (χ0v) is 14.3. The summed E-state index contributed by atoms with van der Waals surface area (Å²) in [5.74, 6) is -2.00. The molecule has 3 aromatic rings. The van der Waals surface area contributed by atoms with Gasteiger partial charge in [-0.3, -0.25) is 9.59 Å². The van der Waals surface area contributed by atoms with E-state index in [1.807, 2.05) is 0 Å². The fourth-order valence-corrected chi connectivity index (χ4v) is 2.99. The number of nitrogens with zero attached hydrogens (tertiary/aromatic N) is 1. The summed E-state index contributed by atoms with van der Waals surface area (Å²) in [6.07, 6.45) is -3.75. The first-order valence-electron chi connectivity index (χ1n) is 8.13. The molecular formula is C20H14F4N2O2. The van der Waals surface area contributed by atoms with Gasteiger partial charge in [-0.15, -0.1) is 0 Å². The van der Waals surface area contributed by atoms with E-state index < -0.39 is 35.4 Å². The maximum absolute atomic E-state index is 14.2. The minimum absolute atomic E-state index is 0.206. The number of halogens is 4. The van der Waals surface area contributed by atoms with Gasteiger partial charge in [-0.2, -0.15) is 13.2 Å². The molecule has 1 heterocycles. The van der Waals surface area contributed by atoms with Gasteiger partial charge in [0.1, 0.15) is 17.9 Å². The molecule has 2 N–H and O–H groups in total. The highest BCUT2D eigenvalue weighted by atomic mass is 19.4. The second-order valence-corrected chi connectivity index (χ2v) is 6.05. The molecule has 3 rings (SSSR count). The summed E-state index contributed by atoms with van der Waals surface area (Å²) in [5.41, 5.74) is 3.12. The predicted octanol–water partition coefficient (Wildman–Crippen LogP) is 3.98. The van der Waals surface area contributed by atoms with Crippen LogP contribution in [0.2, 0.25) is 0 Å². The summed E-state index contributed by atoms with van der Waals surface area (Å²) in [6.45, 7) is -1.49. The van der Waals surface area contributed by atoms with E-state index in [-0.39, 0.29) is 22.4 Å². The summed E-state index contributed by atoms with van der Waals surface area (Å²) >= 11 is 0. The second-order valence-electron chi connectivity index (χ2n) is 6.05. The Labute approximate surface area is 156 Å². The lowest BCUT2D eigenvalue weighted by atomic mass is 9.98. The number of hydrogen-bond donors (Lipinski definition) is 1. The number of pyridine rings is 1. The minimum atomic E-state index is -4.65. The van der Waals surface area contributed by atoms with Crippen molar-refractivity contribution >= 4 is 5.91 Å². The smallest absolute Gasteiger partial charge is 0.365 e. The Kier molecular flexibility index (Phi) is 5.04. The molecule has 0 saturated heterocycles. The summed E-state index contributed by atoms with van der Waals surface area (Å²) < 4.78 is 54.5. The first kappa shape index (κ1) is 19.3. The van der Waals surface area contributed by atoms with Crippen LogP contribution in [0.15, 0.2) is 65.6 Å². The van der Waals surface area contributed by atoms with Gasteiger partial charge in [0.25, 0.3) is 5.91 Å². The van der Waals surface area contributed by atoms with Crippen molar-refractivity contribution in [3.63, 3.8) is 0 Å². The lowest BCUT2D eigenvalue weighted by Gasteiger charge is -2.20. The van der Waals surface area contributed by atoms with Gasteiger partial charge >= 0.3 is 6.18 Å². The number of amides is 1. The predicted molar refractivity (Wildman–Crippen MR) is 96.1 cm³/mol. The first-order chi connectivity index (χ1) is 13.2. The Morgan fingerprint density at radius 2 is 1.57 bits per heavy atom. The number of carbonyl (C=O) groups excluding carboxylic acids is 1. The number of nitrogens with two attached hydrogens (primary N) is 1. The normalized spacial score (nSPS) is 11.4. The maximum Gasteiger partial charge on any atom is 0.406 e. The number of carbonyl (C=O) groups is 1. The van der Waals surface area contributed by atoms with E-state index in [9.17, 15) is 27.2 Å². The maximum atomic E-state index is 14.2. The topological polar surface area (TPSA) is 65.1 Å². The van der Waals surface area contributed by atoms with E-state index in [4.69, 9.17) is 5.73 Å². The van der Waals surface area contributed by atoms with Crippen LogP contribution < -0.4 is 11.2 Å². The zero-order valence-electron chi connectivity index (χ0n) is 14.3. The molecule has 0 fully saturated rings. The van der Waals surface area contributed by atoms with Crippen LogP contribution in [0.4, 0.5) is 17.6 Å². The van der Waals surface area contributed by atoms with Crippen LogP contribution in [0.25, 0.3) is 22.4 Å². The fraction of sp³-hybridized carbons (Fsp3) is 0.100. The lowest BCUT2D eigenvalue weighted by Crippen LogP contribution is -2.29. The monoisotopic (exact) mass is 390 g/mol. The highest BCUT2D eigenvalue weighted by molar-refractivity contribution is 6.00. The third-order valence-corrected chi connectivity index (χ3v) is 4.09. The van der Waals surface area contributed by atoms with E-state index in [0.29, 0.717) is 4.57 Å². The van der Waals surface area contributed by atoms with Crippen molar-refractivity contribution in [1.29, 1.82) is 0 Å². The first-order valence-corrected chi connectivity index (χ1v) is 8.13. The third-order valence-electron chi connectivity index (χ3n) is 4.09. The van der Waals surface area contributed by atoms with Gasteiger partial charge in [-0.05, 0) is 11.6 Å². The quantitative estimate of drug-likeness (QED) is 0.685. The van der Waals surface area contributed by atoms with E-state index in [0.717, 1.165) is 12.3 Å². The number of hydrogen-bond acceptors (Lipinski definition) is 2. The SMILES string of the molecule is NC(=O)c1c(-c2ccccc2)n(CC(F)(F)F)cc(-c2ccccc2F)c1=O. The van der Waals surface area contributed by atoms with Crippen molar-refractivity contribution < 1.29 is 22.4 Å². The van der Waals surface area contributed by atoms with Gasteiger partial charge in [-0.25, -0.2) is 4.39 Å². The molecule has 1 amide bonds. The molecule has 0 unspecified atom stereocenters. The Morgan fingerprint density at radius 1 is 0.964 bits per heavy atom. The van der Waals surface area contributed by atoms with Crippen LogP contribution in [-0.2, 0) is 6.54 Å². The largest absolute Gasteiger partial charge is 0.406 e. The summed E-state index contributed by atoms with van der Waals surface area (Å²) in [7, 11) is 0. The molecule has 0 aliphatic heterocycles.